The number of hydrogen-bond acceptors (Lipinski definition) is 3. The number of alkyl halides is 3. The fraction of sp³-hybridized carbons (Fsp3) is 0.235. The molecule has 0 aliphatic carbocycles. The summed E-state index contributed by atoms with van der Waals surface area (Å²) < 4.78 is 38.3. The van der Waals surface area contributed by atoms with Crippen molar-refractivity contribution in [2.24, 2.45) is 0 Å². The Bertz CT molecular complexity index is 826. The monoisotopic (exact) mass is 364 g/mol. The predicted molar refractivity (Wildman–Crippen MR) is 86.9 cm³/mol. The molecule has 0 radical (unpaired) electrons. The van der Waals surface area contributed by atoms with Crippen molar-refractivity contribution in [3.63, 3.8) is 0 Å². The van der Waals surface area contributed by atoms with Crippen LogP contribution >= 0.6 is 0 Å². The van der Waals surface area contributed by atoms with Crippen LogP contribution in [0.4, 0.5) is 23.8 Å². The van der Waals surface area contributed by atoms with Gasteiger partial charge in [0.05, 0.1) is 0 Å². The quantitative estimate of drug-likeness (QED) is 0.891. The first-order chi connectivity index (χ1) is 12.3. The molecule has 9 heteroatoms. The van der Waals surface area contributed by atoms with Crippen molar-refractivity contribution >= 4 is 17.8 Å². The van der Waals surface area contributed by atoms with Crippen molar-refractivity contribution in [2.45, 2.75) is 12.3 Å². The van der Waals surface area contributed by atoms with E-state index in [1.165, 1.54) is 15.9 Å². The van der Waals surface area contributed by atoms with Crippen LogP contribution in [0.25, 0.3) is 0 Å². The fourth-order valence-corrected chi connectivity index (χ4v) is 2.74. The molecule has 1 fully saturated rings. The Morgan fingerprint density at radius 2 is 1.85 bits per heavy atom. The summed E-state index contributed by atoms with van der Waals surface area (Å²) in [6.07, 6.45) is -5.26. The molecule has 0 spiro atoms. The number of rotatable bonds is 2. The lowest BCUT2D eigenvalue weighted by Crippen LogP contribution is -2.37. The molecule has 1 saturated heterocycles. The summed E-state index contributed by atoms with van der Waals surface area (Å²) in [4.78, 5) is 30.7. The predicted octanol–water partition coefficient (Wildman–Crippen LogP) is 3.11. The van der Waals surface area contributed by atoms with Crippen molar-refractivity contribution in [1.82, 2.24) is 14.8 Å². The number of aromatic nitrogens is 1. The van der Waals surface area contributed by atoms with Gasteiger partial charge in [-0.15, -0.1) is 0 Å². The molecule has 1 N–H and O–H groups in total. The molecule has 0 saturated carbocycles. The van der Waals surface area contributed by atoms with Crippen LogP contribution in [0.2, 0.25) is 0 Å². The maximum Gasteiger partial charge on any atom is 0.433 e. The number of likely N-dealkylation sites (N-methyl/N-ethyl adjacent to an activating group) is 1. The van der Waals surface area contributed by atoms with E-state index in [4.69, 9.17) is 0 Å². The van der Waals surface area contributed by atoms with E-state index in [1.807, 2.05) is 0 Å². The molecule has 3 amide bonds. The van der Waals surface area contributed by atoms with Gasteiger partial charge in [0.15, 0.2) is 0 Å². The zero-order valence-electron chi connectivity index (χ0n) is 13.7. The number of anilines is 1. The van der Waals surface area contributed by atoms with E-state index in [9.17, 15) is 22.8 Å². The number of carbonyl (C=O) groups excluding carboxylic acids is 2. The minimum absolute atomic E-state index is 0.180. The highest BCUT2D eigenvalue weighted by molar-refractivity contribution is 5.94. The van der Waals surface area contributed by atoms with E-state index in [0.29, 0.717) is 5.56 Å². The molecule has 1 aliphatic rings. The van der Waals surface area contributed by atoms with Gasteiger partial charge in [-0.1, -0.05) is 36.4 Å². The molecule has 136 valence electrons. The number of urea groups is 1. The Kier molecular flexibility index (Phi) is 4.54. The molecule has 0 bridgehead atoms. The molecule has 1 atom stereocenters. The smallest absolute Gasteiger partial charge is 0.319 e. The van der Waals surface area contributed by atoms with Gasteiger partial charge >= 0.3 is 12.2 Å². The number of benzene rings is 1. The lowest BCUT2D eigenvalue weighted by molar-refractivity contribution is -0.141. The maximum absolute atomic E-state index is 12.8. The zero-order chi connectivity index (χ0) is 18.9. The minimum atomic E-state index is -4.61. The van der Waals surface area contributed by atoms with Gasteiger partial charge in [0, 0.05) is 7.05 Å². The van der Waals surface area contributed by atoms with Gasteiger partial charge in [0.25, 0.3) is 0 Å². The number of nitrogens with zero attached hydrogens (tertiary/aromatic N) is 3. The van der Waals surface area contributed by atoms with Crippen LogP contribution in [0.3, 0.4) is 0 Å². The summed E-state index contributed by atoms with van der Waals surface area (Å²) in [6, 6.07) is 11.4. The van der Waals surface area contributed by atoms with Crippen molar-refractivity contribution in [2.75, 3.05) is 18.9 Å². The summed E-state index contributed by atoms with van der Waals surface area (Å²) in [7, 11) is 1.57. The van der Waals surface area contributed by atoms with E-state index in [-0.39, 0.29) is 18.3 Å². The number of hydrogen-bond donors (Lipinski definition) is 1. The van der Waals surface area contributed by atoms with Crippen molar-refractivity contribution in [1.29, 1.82) is 0 Å². The summed E-state index contributed by atoms with van der Waals surface area (Å²) in [5, 5.41) is 2.33. The normalized spacial score (nSPS) is 17.5. The molecule has 1 aromatic carbocycles. The van der Waals surface area contributed by atoms with Gasteiger partial charge < -0.3 is 4.90 Å². The van der Waals surface area contributed by atoms with E-state index in [0.717, 1.165) is 12.1 Å². The van der Waals surface area contributed by atoms with E-state index in [1.54, 1.807) is 37.4 Å². The average Bonchev–Trinajstić information content (AvgIpc) is 2.90. The van der Waals surface area contributed by atoms with Gasteiger partial charge in [0.2, 0.25) is 5.91 Å². The number of halogens is 3. The lowest BCUT2D eigenvalue weighted by Gasteiger charge is -2.28. The lowest BCUT2D eigenvalue weighted by atomic mass is 10.1. The molecular formula is C17H15F3N4O2. The third kappa shape index (κ3) is 3.46. The topological polar surface area (TPSA) is 65.5 Å². The number of carbonyl (C=O) groups is 2. The Morgan fingerprint density at radius 3 is 2.50 bits per heavy atom. The minimum Gasteiger partial charge on any atom is -0.319 e. The number of nitrogens with one attached hydrogen (secondary N) is 1. The Morgan fingerprint density at radius 1 is 1.15 bits per heavy atom. The second-order valence-corrected chi connectivity index (χ2v) is 5.75. The van der Waals surface area contributed by atoms with Gasteiger partial charge in [-0.05, 0) is 17.7 Å². The molecule has 26 heavy (non-hydrogen) atoms. The first-order valence-corrected chi connectivity index (χ1v) is 7.70. The first-order valence-electron chi connectivity index (χ1n) is 7.70. The van der Waals surface area contributed by atoms with E-state index in [2.05, 4.69) is 10.3 Å². The highest BCUT2D eigenvalue weighted by Crippen LogP contribution is 2.31. The van der Waals surface area contributed by atoms with Crippen LogP contribution in [0.5, 0.6) is 0 Å². The molecule has 1 aromatic heterocycles. The summed E-state index contributed by atoms with van der Waals surface area (Å²) in [5.74, 6) is -0.510. The molecule has 1 unspecified atom stereocenters. The van der Waals surface area contributed by atoms with Gasteiger partial charge in [-0.3, -0.25) is 15.0 Å². The molecule has 2 heterocycles. The van der Waals surface area contributed by atoms with Crippen LogP contribution in [0, 0.1) is 0 Å². The van der Waals surface area contributed by atoms with Crippen LogP contribution < -0.4 is 5.32 Å². The molecule has 6 nitrogen and oxygen atoms in total. The maximum atomic E-state index is 12.8. The van der Waals surface area contributed by atoms with E-state index < -0.39 is 24.1 Å². The fourth-order valence-electron chi connectivity index (χ4n) is 2.74. The molecule has 3 rings (SSSR count). The standard InChI is InChI=1S/C17H15F3N4O2/c1-23-14(25)10-24(15(23)11-6-3-2-4-7-11)16(26)22-13-9-5-8-12(21-13)17(18,19)20/h2-9,15H,10H2,1H3,(H,21,22,26). The SMILES string of the molecule is CN1C(=O)CN(C(=O)Nc2cccc(C(F)(F)F)n2)C1c1ccccc1. The molecule has 1 aliphatic heterocycles. The third-order valence-electron chi connectivity index (χ3n) is 3.99. The van der Waals surface area contributed by atoms with Crippen LogP contribution in [-0.4, -0.2) is 40.3 Å². The van der Waals surface area contributed by atoms with Gasteiger partial charge in [-0.2, -0.15) is 13.2 Å². The summed E-state index contributed by atoms with van der Waals surface area (Å²) >= 11 is 0. The third-order valence-corrected chi connectivity index (χ3v) is 3.99. The van der Waals surface area contributed by atoms with Crippen LogP contribution in [0.15, 0.2) is 48.5 Å². The highest BCUT2D eigenvalue weighted by Gasteiger charge is 2.39. The van der Waals surface area contributed by atoms with Gasteiger partial charge in [-0.25, -0.2) is 9.78 Å². The van der Waals surface area contributed by atoms with Gasteiger partial charge in [0.1, 0.15) is 24.2 Å². The summed E-state index contributed by atoms with van der Waals surface area (Å²) in [6.45, 7) is -0.180. The Hall–Kier alpha value is -3.10. The summed E-state index contributed by atoms with van der Waals surface area (Å²) in [5.41, 5.74) is -0.391. The first kappa shape index (κ1) is 17.7. The van der Waals surface area contributed by atoms with Crippen molar-refractivity contribution in [3.05, 3.63) is 59.8 Å². The number of pyridine rings is 1. The Balaban J connectivity index is 1.84. The molecule has 2 aromatic rings. The van der Waals surface area contributed by atoms with Crippen molar-refractivity contribution < 1.29 is 22.8 Å². The largest absolute Gasteiger partial charge is 0.433 e. The van der Waals surface area contributed by atoms with Crippen molar-refractivity contribution in [3.8, 4) is 0 Å². The van der Waals surface area contributed by atoms with Crippen LogP contribution in [-0.2, 0) is 11.0 Å². The molecular weight excluding hydrogens is 349 g/mol. The zero-order valence-corrected chi connectivity index (χ0v) is 13.7. The second-order valence-electron chi connectivity index (χ2n) is 5.75. The second kappa shape index (κ2) is 6.66. The van der Waals surface area contributed by atoms with Crippen LogP contribution in [0.1, 0.15) is 17.4 Å². The average molecular weight is 364 g/mol. The van der Waals surface area contributed by atoms with E-state index >= 15 is 0 Å². The highest BCUT2D eigenvalue weighted by atomic mass is 19.4. The Labute approximate surface area is 147 Å². The number of amides is 3.